The topological polar surface area (TPSA) is 53.5 Å². The summed E-state index contributed by atoms with van der Waals surface area (Å²) in [6.07, 6.45) is 5.17. The molecule has 130 valence electrons. The van der Waals surface area contributed by atoms with Gasteiger partial charge >= 0.3 is 0 Å². The van der Waals surface area contributed by atoms with E-state index < -0.39 is 0 Å². The average molecular weight is 337 g/mol. The maximum Gasteiger partial charge on any atom is 0.231 e. The molecule has 0 spiro atoms. The van der Waals surface area contributed by atoms with E-state index in [-0.39, 0.29) is 11.8 Å². The number of carbonyl (C=O) groups excluding carboxylic acids is 2. The molecule has 0 fully saturated rings. The molecule has 1 aromatic carbocycles. The van der Waals surface area contributed by atoms with Crippen molar-refractivity contribution < 1.29 is 9.59 Å². The summed E-state index contributed by atoms with van der Waals surface area (Å²) in [6.45, 7) is 3.39. The largest absolute Gasteiger partial charge is 0.342 e. The summed E-state index contributed by atoms with van der Waals surface area (Å²) in [5.41, 5.74) is 4.11. The minimum atomic E-state index is 0.103. The molecule has 1 aliphatic heterocycles. The smallest absolute Gasteiger partial charge is 0.231 e. The SMILES string of the molecule is CCN(CCc1ccncc1)C(=O)Cc1ccc2c(c1)CC(=O)N2C. The van der Waals surface area contributed by atoms with E-state index in [0.29, 0.717) is 25.9 Å². The molecule has 0 aliphatic carbocycles. The lowest BCUT2D eigenvalue weighted by molar-refractivity contribution is -0.130. The standard InChI is InChI=1S/C20H23N3O2/c1-3-23(11-8-15-6-9-21-10-7-15)20(25)13-16-4-5-18-17(12-16)14-19(24)22(18)2/h4-7,9-10,12H,3,8,11,13-14H2,1-2H3. The Hall–Kier alpha value is -2.69. The van der Waals surface area contributed by atoms with Crippen LogP contribution in [0.1, 0.15) is 23.6 Å². The molecule has 25 heavy (non-hydrogen) atoms. The quantitative estimate of drug-likeness (QED) is 0.812. The van der Waals surface area contributed by atoms with Crippen LogP contribution in [0.2, 0.25) is 0 Å². The van der Waals surface area contributed by atoms with Crippen LogP contribution in [-0.4, -0.2) is 41.8 Å². The van der Waals surface area contributed by atoms with Gasteiger partial charge in [0.25, 0.3) is 0 Å². The Morgan fingerprint density at radius 1 is 1.20 bits per heavy atom. The molecular weight excluding hydrogens is 314 g/mol. The lowest BCUT2D eigenvalue weighted by Crippen LogP contribution is -2.33. The first-order valence-corrected chi connectivity index (χ1v) is 8.63. The van der Waals surface area contributed by atoms with Gasteiger partial charge in [-0.1, -0.05) is 12.1 Å². The summed E-state index contributed by atoms with van der Waals surface area (Å²) < 4.78 is 0. The third-order valence-electron chi connectivity index (χ3n) is 4.73. The fourth-order valence-electron chi connectivity index (χ4n) is 3.19. The van der Waals surface area contributed by atoms with E-state index in [1.54, 1.807) is 24.3 Å². The number of fused-ring (bicyclic) bond motifs is 1. The molecule has 2 heterocycles. The van der Waals surface area contributed by atoms with Crippen molar-refractivity contribution in [3.8, 4) is 0 Å². The van der Waals surface area contributed by atoms with Gasteiger partial charge in [0, 0.05) is 38.2 Å². The molecular formula is C20H23N3O2. The van der Waals surface area contributed by atoms with Crippen molar-refractivity contribution in [3.63, 3.8) is 0 Å². The third-order valence-corrected chi connectivity index (χ3v) is 4.73. The normalized spacial score (nSPS) is 13.0. The van der Waals surface area contributed by atoms with Crippen LogP contribution in [0.5, 0.6) is 0 Å². The Bertz CT molecular complexity index is 774. The maximum atomic E-state index is 12.6. The van der Waals surface area contributed by atoms with Crippen LogP contribution < -0.4 is 4.90 Å². The van der Waals surface area contributed by atoms with E-state index >= 15 is 0 Å². The first-order chi connectivity index (χ1) is 12.1. The number of rotatable bonds is 6. The molecule has 0 saturated heterocycles. The molecule has 0 unspecified atom stereocenters. The highest BCUT2D eigenvalue weighted by atomic mass is 16.2. The van der Waals surface area contributed by atoms with Gasteiger partial charge in [-0.25, -0.2) is 0 Å². The van der Waals surface area contributed by atoms with Gasteiger partial charge in [-0.2, -0.15) is 0 Å². The van der Waals surface area contributed by atoms with Gasteiger partial charge in [-0.3, -0.25) is 14.6 Å². The lowest BCUT2D eigenvalue weighted by atomic mass is 10.1. The average Bonchev–Trinajstić information content (AvgIpc) is 2.90. The minimum Gasteiger partial charge on any atom is -0.342 e. The predicted molar refractivity (Wildman–Crippen MR) is 97.5 cm³/mol. The number of likely N-dealkylation sites (N-methyl/N-ethyl adjacent to an activating group) is 2. The summed E-state index contributed by atoms with van der Waals surface area (Å²) in [5, 5.41) is 0. The summed E-state index contributed by atoms with van der Waals surface area (Å²) >= 11 is 0. The Kier molecular flexibility index (Phi) is 5.12. The van der Waals surface area contributed by atoms with Gasteiger partial charge in [-0.05, 0) is 48.2 Å². The molecule has 2 aromatic rings. The molecule has 5 nitrogen and oxygen atoms in total. The highest BCUT2D eigenvalue weighted by Crippen LogP contribution is 2.28. The number of pyridine rings is 1. The zero-order chi connectivity index (χ0) is 17.8. The zero-order valence-corrected chi connectivity index (χ0v) is 14.7. The number of benzene rings is 1. The summed E-state index contributed by atoms with van der Waals surface area (Å²) in [7, 11) is 1.79. The van der Waals surface area contributed by atoms with Crippen LogP contribution in [0.15, 0.2) is 42.7 Å². The van der Waals surface area contributed by atoms with Crippen LogP contribution in [0.4, 0.5) is 5.69 Å². The number of nitrogens with zero attached hydrogens (tertiary/aromatic N) is 3. The van der Waals surface area contributed by atoms with E-state index in [2.05, 4.69) is 4.98 Å². The van der Waals surface area contributed by atoms with Gasteiger partial charge in [-0.15, -0.1) is 0 Å². The number of anilines is 1. The van der Waals surface area contributed by atoms with Gasteiger partial charge in [0.1, 0.15) is 0 Å². The fourth-order valence-corrected chi connectivity index (χ4v) is 3.19. The predicted octanol–water partition coefficient (Wildman–Crippen LogP) is 2.23. The van der Waals surface area contributed by atoms with Crippen molar-refractivity contribution in [2.75, 3.05) is 25.0 Å². The van der Waals surface area contributed by atoms with Crippen LogP contribution >= 0.6 is 0 Å². The second-order valence-corrected chi connectivity index (χ2v) is 6.35. The summed E-state index contributed by atoms with van der Waals surface area (Å²) in [6, 6.07) is 9.84. The Labute approximate surface area is 148 Å². The van der Waals surface area contributed by atoms with Crippen molar-refractivity contribution in [2.45, 2.75) is 26.2 Å². The maximum absolute atomic E-state index is 12.6. The van der Waals surface area contributed by atoms with Crippen LogP contribution in [0.3, 0.4) is 0 Å². The lowest BCUT2D eigenvalue weighted by Gasteiger charge is -2.21. The number of carbonyl (C=O) groups is 2. The summed E-state index contributed by atoms with van der Waals surface area (Å²) in [4.78, 5) is 32.0. The number of hydrogen-bond donors (Lipinski definition) is 0. The molecule has 0 saturated carbocycles. The molecule has 5 heteroatoms. The highest BCUT2D eigenvalue weighted by Gasteiger charge is 2.24. The monoisotopic (exact) mass is 337 g/mol. The second kappa shape index (κ2) is 7.47. The Morgan fingerprint density at radius 2 is 1.96 bits per heavy atom. The van der Waals surface area contributed by atoms with Crippen LogP contribution in [0, 0.1) is 0 Å². The Balaban J connectivity index is 1.62. The number of amides is 2. The first kappa shape index (κ1) is 17.1. The van der Waals surface area contributed by atoms with E-state index in [9.17, 15) is 9.59 Å². The molecule has 2 amide bonds. The molecule has 0 bridgehead atoms. The van der Waals surface area contributed by atoms with Crippen LogP contribution in [0.25, 0.3) is 0 Å². The zero-order valence-electron chi connectivity index (χ0n) is 14.7. The minimum absolute atomic E-state index is 0.103. The Morgan fingerprint density at radius 3 is 2.68 bits per heavy atom. The molecule has 1 aromatic heterocycles. The fraction of sp³-hybridized carbons (Fsp3) is 0.350. The second-order valence-electron chi connectivity index (χ2n) is 6.35. The van der Waals surface area contributed by atoms with E-state index in [4.69, 9.17) is 0 Å². The molecule has 1 aliphatic rings. The molecule has 3 rings (SSSR count). The molecule has 0 radical (unpaired) electrons. The van der Waals surface area contributed by atoms with Gasteiger partial charge in [0.2, 0.25) is 11.8 Å². The van der Waals surface area contributed by atoms with E-state index in [1.807, 2.05) is 42.2 Å². The summed E-state index contributed by atoms with van der Waals surface area (Å²) in [5.74, 6) is 0.222. The number of aromatic nitrogens is 1. The van der Waals surface area contributed by atoms with Crippen molar-refractivity contribution in [1.82, 2.24) is 9.88 Å². The molecule has 0 atom stereocenters. The number of hydrogen-bond acceptors (Lipinski definition) is 3. The van der Waals surface area contributed by atoms with Crippen molar-refractivity contribution in [3.05, 3.63) is 59.4 Å². The van der Waals surface area contributed by atoms with Crippen molar-refractivity contribution >= 4 is 17.5 Å². The first-order valence-electron chi connectivity index (χ1n) is 8.63. The van der Waals surface area contributed by atoms with Crippen LogP contribution in [-0.2, 0) is 28.9 Å². The third kappa shape index (κ3) is 3.87. The van der Waals surface area contributed by atoms with Gasteiger partial charge < -0.3 is 9.80 Å². The van der Waals surface area contributed by atoms with Crippen molar-refractivity contribution in [2.24, 2.45) is 0 Å². The van der Waals surface area contributed by atoms with Gasteiger partial charge in [0.15, 0.2) is 0 Å². The van der Waals surface area contributed by atoms with E-state index in [0.717, 1.165) is 23.2 Å². The van der Waals surface area contributed by atoms with Crippen molar-refractivity contribution in [1.29, 1.82) is 0 Å². The van der Waals surface area contributed by atoms with E-state index in [1.165, 1.54) is 5.56 Å². The molecule has 0 N–H and O–H groups in total. The van der Waals surface area contributed by atoms with Gasteiger partial charge in [0.05, 0.1) is 12.8 Å². The highest BCUT2D eigenvalue weighted by molar-refractivity contribution is 6.01.